The Labute approximate surface area is 115 Å². The topological polar surface area (TPSA) is 79.2 Å². The third-order valence-corrected chi connectivity index (χ3v) is 3.55. The summed E-state index contributed by atoms with van der Waals surface area (Å²) in [5.74, 6) is 0.465. The van der Waals surface area contributed by atoms with Gasteiger partial charge < -0.3 is 14.4 Å². The van der Waals surface area contributed by atoms with Crippen LogP contribution in [0.3, 0.4) is 0 Å². The van der Waals surface area contributed by atoms with E-state index in [9.17, 15) is 9.59 Å². The number of aromatic nitrogens is 2. The summed E-state index contributed by atoms with van der Waals surface area (Å²) in [5.41, 5.74) is 0.555. The van der Waals surface area contributed by atoms with Crippen LogP contribution >= 0.6 is 0 Å². The monoisotopic (exact) mass is 273 g/mol. The Hall–Kier alpha value is -2.37. The summed E-state index contributed by atoms with van der Waals surface area (Å²) in [7, 11) is 0. The molecule has 1 aliphatic rings. The molecule has 6 nitrogen and oxygen atoms in total. The number of carbonyl (C=O) groups excluding carboxylic acids is 1. The Morgan fingerprint density at radius 1 is 1.55 bits per heavy atom. The average Bonchev–Trinajstić information content (AvgIpc) is 3.06. The maximum absolute atomic E-state index is 12.5. The number of rotatable bonds is 2. The lowest BCUT2D eigenvalue weighted by molar-refractivity contribution is 0.0729. The second kappa shape index (κ2) is 4.96. The molecule has 1 aliphatic heterocycles. The van der Waals surface area contributed by atoms with Crippen LogP contribution in [0, 0.1) is 6.92 Å². The fourth-order valence-electron chi connectivity index (χ4n) is 2.60. The van der Waals surface area contributed by atoms with Crippen LogP contribution in [0.5, 0.6) is 0 Å². The van der Waals surface area contributed by atoms with Crippen molar-refractivity contribution in [1.29, 1.82) is 0 Å². The molecule has 0 aromatic carbocycles. The van der Waals surface area contributed by atoms with E-state index in [0.717, 1.165) is 24.3 Å². The molecule has 1 fully saturated rings. The van der Waals surface area contributed by atoms with Crippen LogP contribution in [0.25, 0.3) is 0 Å². The summed E-state index contributed by atoms with van der Waals surface area (Å²) in [6, 6.07) is 4.93. The average molecular weight is 273 g/mol. The number of nitrogens with zero attached hydrogens (tertiary/aromatic N) is 2. The number of amides is 1. The number of likely N-dealkylation sites (tertiary alicyclic amines) is 1. The largest absolute Gasteiger partial charge is 0.361 e. The number of carbonyl (C=O) groups is 1. The second-order valence-electron chi connectivity index (χ2n) is 4.93. The van der Waals surface area contributed by atoms with E-state index in [-0.39, 0.29) is 23.1 Å². The van der Waals surface area contributed by atoms with Crippen molar-refractivity contribution in [2.45, 2.75) is 25.8 Å². The van der Waals surface area contributed by atoms with Crippen LogP contribution < -0.4 is 5.56 Å². The highest BCUT2D eigenvalue weighted by Crippen LogP contribution is 2.32. The molecular weight excluding hydrogens is 258 g/mol. The van der Waals surface area contributed by atoms with Crippen LogP contribution in [0.4, 0.5) is 0 Å². The molecule has 0 saturated carbocycles. The van der Waals surface area contributed by atoms with Crippen molar-refractivity contribution in [2.75, 3.05) is 6.54 Å². The molecule has 1 saturated heterocycles. The molecule has 104 valence electrons. The van der Waals surface area contributed by atoms with Crippen molar-refractivity contribution in [3.05, 3.63) is 51.8 Å². The molecule has 0 bridgehead atoms. The maximum atomic E-state index is 12.5. The summed E-state index contributed by atoms with van der Waals surface area (Å²) in [6.45, 7) is 2.45. The maximum Gasteiger partial charge on any atom is 0.260 e. The zero-order valence-corrected chi connectivity index (χ0v) is 11.1. The number of pyridine rings is 1. The number of aromatic amines is 1. The van der Waals surface area contributed by atoms with Gasteiger partial charge in [0.15, 0.2) is 0 Å². The van der Waals surface area contributed by atoms with Gasteiger partial charge in [-0.2, -0.15) is 0 Å². The highest BCUT2D eigenvalue weighted by Gasteiger charge is 2.33. The second-order valence-corrected chi connectivity index (χ2v) is 4.93. The third kappa shape index (κ3) is 2.13. The molecule has 20 heavy (non-hydrogen) atoms. The van der Waals surface area contributed by atoms with Gasteiger partial charge in [0.1, 0.15) is 17.0 Å². The van der Waals surface area contributed by atoms with E-state index in [2.05, 4.69) is 10.1 Å². The van der Waals surface area contributed by atoms with Crippen LogP contribution in [0.1, 0.15) is 40.7 Å². The molecule has 0 spiro atoms. The summed E-state index contributed by atoms with van der Waals surface area (Å²) < 4.78 is 5.08. The normalized spacial score (nSPS) is 18.4. The van der Waals surface area contributed by atoms with Gasteiger partial charge in [0.2, 0.25) is 0 Å². The zero-order valence-electron chi connectivity index (χ0n) is 11.1. The first-order valence-electron chi connectivity index (χ1n) is 6.58. The molecule has 3 heterocycles. The summed E-state index contributed by atoms with van der Waals surface area (Å²) in [5, 5.41) is 3.99. The van der Waals surface area contributed by atoms with E-state index >= 15 is 0 Å². The van der Waals surface area contributed by atoms with Crippen molar-refractivity contribution < 1.29 is 9.32 Å². The minimum absolute atomic E-state index is 0.112. The SMILES string of the molecule is Cc1cc([C@@H]2CCCN2C(=O)c2ccc[nH]c2=O)no1. The van der Waals surface area contributed by atoms with Crippen molar-refractivity contribution >= 4 is 5.91 Å². The van der Waals surface area contributed by atoms with E-state index in [4.69, 9.17) is 4.52 Å². The van der Waals surface area contributed by atoms with Crippen LogP contribution in [0.2, 0.25) is 0 Å². The lowest BCUT2D eigenvalue weighted by Gasteiger charge is -2.22. The number of nitrogens with one attached hydrogen (secondary N) is 1. The van der Waals surface area contributed by atoms with Crippen molar-refractivity contribution in [2.24, 2.45) is 0 Å². The van der Waals surface area contributed by atoms with E-state index < -0.39 is 0 Å². The first-order chi connectivity index (χ1) is 9.66. The lowest BCUT2D eigenvalue weighted by atomic mass is 10.1. The van der Waals surface area contributed by atoms with Gasteiger partial charge in [0.05, 0.1) is 6.04 Å². The van der Waals surface area contributed by atoms with Crippen LogP contribution in [-0.2, 0) is 0 Å². The predicted octanol–water partition coefficient (Wildman–Crippen LogP) is 1.65. The minimum atomic E-state index is -0.362. The first-order valence-corrected chi connectivity index (χ1v) is 6.58. The smallest absolute Gasteiger partial charge is 0.260 e. The van der Waals surface area contributed by atoms with E-state index in [0.29, 0.717) is 6.54 Å². The molecule has 3 rings (SSSR count). The molecule has 0 radical (unpaired) electrons. The molecule has 6 heteroatoms. The summed E-state index contributed by atoms with van der Waals surface area (Å²) in [6.07, 6.45) is 3.25. The Balaban J connectivity index is 1.91. The van der Waals surface area contributed by atoms with Crippen molar-refractivity contribution in [3.63, 3.8) is 0 Å². The third-order valence-electron chi connectivity index (χ3n) is 3.55. The fourth-order valence-corrected chi connectivity index (χ4v) is 2.60. The van der Waals surface area contributed by atoms with Gasteiger partial charge in [-0.15, -0.1) is 0 Å². The Morgan fingerprint density at radius 2 is 2.40 bits per heavy atom. The van der Waals surface area contributed by atoms with E-state index in [1.165, 1.54) is 6.20 Å². The van der Waals surface area contributed by atoms with E-state index in [1.807, 2.05) is 13.0 Å². The van der Waals surface area contributed by atoms with Gasteiger partial charge in [-0.3, -0.25) is 9.59 Å². The molecule has 1 atom stereocenters. The predicted molar refractivity (Wildman–Crippen MR) is 71.3 cm³/mol. The zero-order chi connectivity index (χ0) is 14.1. The summed E-state index contributed by atoms with van der Waals surface area (Å²) >= 11 is 0. The highest BCUT2D eigenvalue weighted by molar-refractivity contribution is 5.94. The molecular formula is C14H15N3O3. The quantitative estimate of drug-likeness (QED) is 0.902. The Kier molecular flexibility index (Phi) is 3.14. The molecule has 1 amide bonds. The van der Waals surface area contributed by atoms with Gasteiger partial charge in [-0.05, 0) is 31.9 Å². The first kappa shape index (κ1) is 12.7. The molecule has 0 aliphatic carbocycles. The number of hydrogen-bond acceptors (Lipinski definition) is 4. The van der Waals surface area contributed by atoms with Crippen molar-refractivity contribution in [1.82, 2.24) is 15.0 Å². The Bertz CT molecular complexity index is 689. The molecule has 2 aromatic rings. The van der Waals surface area contributed by atoms with E-state index in [1.54, 1.807) is 17.0 Å². The Morgan fingerprint density at radius 3 is 3.10 bits per heavy atom. The van der Waals surface area contributed by atoms with Gasteiger partial charge >= 0.3 is 0 Å². The molecule has 2 aromatic heterocycles. The number of aryl methyl sites for hydroxylation is 1. The highest BCUT2D eigenvalue weighted by atomic mass is 16.5. The summed E-state index contributed by atoms with van der Waals surface area (Å²) in [4.78, 5) is 28.5. The van der Waals surface area contributed by atoms with Gasteiger partial charge in [0.25, 0.3) is 11.5 Å². The number of hydrogen-bond donors (Lipinski definition) is 1. The minimum Gasteiger partial charge on any atom is -0.361 e. The van der Waals surface area contributed by atoms with Gasteiger partial charge in [-0.1, -0.05) is 5.16 Å². The fraction of sp³-hybridized carbons (Fsp3) is 0.357. The molecule has 0 unspecified atom stereocenters. The lowest BCUT2D eigenvalue weighted by Crippen LogP contribution is -2.34. The number of H-pyrrole nitrogens is 1. The molecule has 1 N–H and O–H groups in total. The van der Waals surface area contributed by atoms with Gasteiger partial charge in [0, 0.05) is 18.8 Å². The van der Waals surface area contributed by atoms with Crippen LogP contribution in [0.15, 0.2) is 33.7 Å². The van der Waals surface area contributed by atoms with Crippen molar-refractivity contribution in [3.8, 4) is 0 Å². The standard InChI is InChI=1S/C14H15N3O3/c1-9-8-11(16-20-9)12-5-3-7-17(12)14(19)10-4-2-6-15-13(10)18/h2,4,6,8,12H,3,5,7H2,1H3,(H,15,18)/t12-/m0/s1. The van der Waals surface area contributed by atoms with Gasteiger partial charge in [-0.25, -0.2) is 0 Å². The van der Waals surface area contributed by atoms with Crippen LogP contribution in [-0.4, -0.2) is 27.5 Å².